The van der Waals surface area contributed by atoms with Gasteiger partial charge in [0, 0.05) is 13.0 Å². The van der Waals surface area contributed by atoms with Crippen LogP contribution < -0.4 is 0 Å². The Morgan fingerprint density at radius 2 is 1.08 bits per heavy atom. The van der Waals surface area contributed by atoms with E-state index in [1.54, 1.807) is 0 Å². The second kappa shape index (κ2) is 36.9. The molecule has 0 fully saturated rings. The molecule has 0 bridgehead atoms. The number of esters is 1. The van der Waals surface area contributed by atoms with Crippen molar-refractivity contribution in [2.45, 2.75) is 193 Å². The van der Waals surface area contributed by atoms with Gasteiger partial charge in [-0.1, -0.05) is 167 Å². The maximum absolute atomic E-state index is 12.7. The molecule has 0 aromatic rings. The summed E-state index contributed by atoms with van der Waals surface area (Å²) in [5.41, 5.74) is 0. The smallest absolute Gasteiger partial charge is 0.457 e. The fourth-order valence-corrected chi connectivity index (χ4v) is 6.60. The number of carbonyl (C=O) groups excluding carboxylic acids is 1. The highest BCUT2D eigenvalue weighted by atomic mass is 31.2. The minimum absolute atomic E-state index is 0.0875. The maximum Gasteiger partial charge on any atom is 0.472 e. The van der Waals surface area contributed by atoms with Gasteiger partial charge in [-0.25, -0.2) is 4.57 Å². The number of phosphoric ester groups is 1. The van der Waals surface area contributed by atoms with Gasteiger partial charge >= 0.3 is 13.8 Å². The van der Waals surface area contributed by atoms with E-state index in [1.807, 2.05) is 21.1 Å². The van der Waals surface area contributed by atoms with E-state index >= 15 is 0 Å². The number of carbonyl (C=O) groups is 1. The summed E-state index contributed by atoms with van der Waals surface area (Å²) in [6.45, 7) is 5.59. The second-order valence-corrected chi connectivity index (χ2v) is 17.2. The Kier molecular flexibility index (Phi) is 36.2. The van der Waals surface area contributed by atoms with Crippen molar-refractivity contribution in [2.24, 2.45) is 0 Å². The van der Waals surface area contributed by atoms with Gasteiger partial charge in [0.25, 0.3) is 0 Å². The lowest BCUT2D eigenvalue weighted by Gasteiger charge is -2.24. The summed E-state index contributed by atoms with van der Waals surface area (Å²) in [6.07, 6.45) is 40.6. The van der Waals surface area contributed by atoms with E-state index in [-0.39, 0.29) is 25.8 Å². The van der Waals surface area contributed by atoms with Gasteiger partial charge in [-0.2, -0.15) is 0 Å². The number of ether oxygens (including phenoxy) is 2. The lowest BCUT2D eigenvalue weighted by molar-refractivity contribution is -0.870. The Morgan fingerprint density at radius 1 is 0.596 bits per heavy atom. The summed E-state index contributed by atoms with van der Waals surface area (Å²) in [4.78, 5) is 22.8. The molecule has 9 heteroatoms. The average Bonchev–Trinajstić information content (AvgIpc) is 3.09. The van der Waals surface area contributed by atoms with Crippen LogP contribution in [0.1, 0.15) is 187 Å². The molecule has 0 spiro atoms. The molecule has 0 aliphatic heterocycles. The topological polar surface area (TPSA) is 91.3 Å². The first kappa shape index (κ1) is 51.0. The molecule has 0 amide bonds. The number of hydrogen-bond acceptors (Lipinski definition) is 6. The maximum atomic E-state index is 12.7. The van der Waals surface area contributed by atoms with Crippen molar-refractivity contribution in [3.8, 4) is 0 Å². The zero-order chi connectivity index (χ0) is 38.4. The van der Waals surface area contributed by atoms with Crippen LogP contribution in [0, 0.1) is 0 Å². The van der Waals surface area contributed by atoms with Gasteiger partial charge in [-0.3, -0.25) is 13.8 Å². The summed E-state index contributed by atoms with van der Waals surface area (Å²) in [5, 5.41) is 0. The van der Waals surface area contributed by atoms with Crippen molar-refractivity contribution in [3.05, 3.63) is 24.3 Å². The Labute approximate surface area is 322 Å². The van der Waals surface area contributed by atoms with E-state index in [0.29, 0.717) is 24.1 Å². The molecular weight excluding hydrogens is 673 g/mol. The number of nitrogens with zero attached hydrogens (tertiary/aromatic N) is 1. The van der Waals surface area contributed by atoms with Crippen molar-refractivity contribution in [2.75, 3.05) is 54.1 Å². The van der Waals surface area contributed by atoms with Gasteiger partial charge in [0.05, 0.1) is 34.4 Å². The Morgan fingerprint density at radius 3 is 1.62 bits per heavy atom. The lowest BCUT2D eigenvalue weighted by Crippen LogP contribution is -2.37. The van der Waals surface area contributed by atoms with E-state index in [0.717, 1.165) is 57.8 Å². The van der Waals surface area contributed by atoms with Gasteiger partial charge < -0.3 is 18.9 Å². The Balaban J connectivity index is 4.24. The number of unbranched alkanes of at least 4 members (excludes halogenated alkanes) is 22. The molecule has 0 aromatic carbocycles. The Bertz CT molecular complexity index is 889. The second-order valence-electron chi connectivity index (χ2n) is 15.7. The van der Waals surface area contributed by atoms with Crippen LogP contribution in [0.25, 0.3) is 0 Å². The van der Waals surface area contributed by atoms with Crippen molar-refractivity contribution in [1.29, 1.82) is 0 Å². The minimum atomic E-state index is -4.27. The molecule has 0 aliphatic rings. The summed E-state index contributed by atoms with van der Waals surface area (Å²) in [6, 6.07) is 0. The predicted octanol–water partition coefficient (Wildman–Crippen LogP) is 12.4. The zero-order valence-electron chi connectivity index (χ0n) is 34.8. The SMILES string of the molecule is CCCC/C=C\C/C=C\CCCCCCCC(=O)O[C@H](COCCCCCCCCCCCCCCCCCC)COP(=O)(O)OCC[N+](C)(C)C. The van der Waals surface area contributed by atoms with E-state index in [2.05, 4.69) is 38.2 Å². The van der Waals surface area contributed by atoms with Crippen LogP contribution in [0.3, 0.4) is 0 Å². The van der Waals surface area contributed by atoms with Crippen molar-refractivity contribution in [1.82, 2.24) is 0 Å². The van der Waals surface area contributed by atoms with Crippen LogP contribution in [0.5, 0.6) is 0 Å². The number of rotatable bonds is 40. The summed E-state index contributed by atoms with van der Waals surface area (Å²) < 4.78 is 35.0. The molecule has 52 heavy (non-hydrogen) atoms. The molecule has 1 N–H and O–H groups in total. The fraction of sp³-hybridized carbons (Fsp3) is 0.884. The molecule has 0 aromatic heterocycles. The monoisotopic (exact) mass is 759 g/mol. The van der Waals surface area contributed by atoms with E-state index in [4.69, 9.17) is 18.5 Å². The highest BCUT2D eigenvalue weighted by Crippen LogP contribution is 2.43. The van der Waals surface area contributed by atoms with Crippen molar-refractivity contribution < 1.29 is 37.3 Å². The summed E-state index contributed by atoms with van der Waals surface area (Å²) in [7, 11) is 1.66. The van der Waals surface area contributed by atoms with E-state index < -0.39 is 13.9 Å². The largest absolute Gasteiger partial charge is 0.472 e. The highest BCUT2D eigenvalue weighted by molar-refractivity contribution is 7.47. The molecule has 0 rings (SSSR count). The van der Waals surface area contributed by atoms with Gasteiger partial charge in [0.2, 0.25) is 0 Å². The number of hydrogen-bond donors (Lipinski definition) is 1. The average molecular weight is 759 g/mol. The molecule has 0 radical (unpaired) electrons. The number of likely N-dealkylation sites (N-methyl/N-ethyl adjacent to an activating group) is 1. The zero-order valence-corrected chi connectivity index (χ0v) is 35.7. The van der Waals surface area contributed by atoms with Gasteiger partial charge in [0.15, 0.2) is 0 Å². The first-order valence-electron chi connectivity index (χ1n) is 21.6. The van der Waals surface area contributed by atoms with Gasteiger partial charge in [0.1, 0.15) is 19.3 Å². The molecule has 0 heterocycles. The third-order valence-corrected chi connectivity index (χ3v) is 10.2. The van der Waals surface area contributed by atoms with Gasteiger partial charge in [-0.05, 0) is 38.5 Å². The molecule has 0 aliphatic carbocycles. The van der Waals surface area contributed by atoms with E-state index in [1.165, 1.54) is 109 Å². The van der Waals surface area contributed by atoms with Gasteiger partial charge in [-0.15, -0.1) is 0 Å². The van der Waals surface area contributed by atoms with Crippen LogP contribution in [0.15, 0.2) is 24.3 Å². The van der Waals surface area contributed by atoms with Crippen LogP contribution in [0.4, 0.5) is 0 Å². The first-order valence-corrected chi connectivity index (χ1v) is 23.1. The standard InChI is InChI=1S/C43H84NO7P/c1-6-8-10-12-14-16-18-20-22-23-25-27-29-31-33-35-38-48-40-42(41-50-52(46,47)49-39-37-44(3,4)5)51-43(45)36-34-32-30-28-26-24-21-19-17-15-13-11-9-7-2/h13,15,19,21,42H,6-12,14,16-18,20,22-41H2,1-5H3/p+1/b15-13-,21-19-/t42-/m1/s1. The van der Waals surface area contributed by atoms with Crippen molar-refractivity contribution >= 4 is 13.8 Å². The quantitative estimate of drug-likeness (QED) is 0.0219. The van der Waals surface area contributed by atoms with Crippen LogP contribution >= 0.6 is 7.82 Å². The Hall–Kier alpha value is -1.02. The predicted molar refractivity (Wildman–Crippen MR) is 220 cm³/mol. The normalized spacial score (nSPS) is 14.0. The fourth-order valence-electron chi connectivity index (χ4n) is 5.86. The van der Waals surface area contributed by atoms with E-state index in [9.17, 15) is 14.3 Å². The molecule has 1 unspecified atom stereocenters. The number of quaternary nitrogens is 1. The molecule has 0 saturated carbocycles. The minimum Gasteiger partial charge on any atom is -0.457 e. The molecule has 308 valence electrons. The molecule has 8 nitrogen and oxygen atoms in total. The lowest BCUT2D eigenvalue weighted by atomic mass is 10.0. The summed E-state index contributed by atoms with van der Waals surface area (Å²) >= 11 is 0. The molecule has 2 atom stereocenters. The highest BCUT2D eigenvalue weighted by Gasteiger charge is 2.26. The van der Waals surface area contributed by atoms with Crippen molar-refractivity contribution in [3.63, 3.8) is 0 Å². The van der Waals surface area contributed by atoms with Crippen LogP contribution in [-0.2, 0) is 27.9 Å². The van der Waals surface area contributed by atoms with Crippen LogP contribution in [-0.4, -0.2) is 75.6 Å². The number of phosphoric acid groups is 1. The third-order valence-electron chi connectivity index (χ3n) is 9.27. The third kappa shape index (κ3) is 40.2. The molecular formula is C43H85NO7P+. The summed E-state index contributed by atoms with van der Waals surface area (Å²) in [5.74, 6) is -0.326. The first-order chi connectivity index (χ1) is 25.1. The molecule has 0 saturated heterocycles. The number of allylic oxidation sites excluding steroid dienone is 4. The van der Waals surface area contributed by atoms with Crippen LogP contribution in [0.2, 0.25) is 0 Å².